The highest BCUT2D eigenvalue weighted by Crippen LogP contribution is 2.13. The number of anilines is 2. The van der Waals surface area contributed by atoms with Crippen molar-refractivity contribution < 1.29 is 19.4 Å². The zero-order valence-electron chi connectivity index (χ0n) is 7.98. The Kier molecular flexibility index (Phi) is 3.50. The van der Waals surface area contributed by atoms with Crippen LogP contribution in [0.15, 0.2) is 24.3 Å². The lowest BCUT2D eigenvalue weighted by molar-refractivity contribution is 0.187. The van der Waals surface area contributed by atoms with E-state index < -0.39 is 12.2 Å². The molecule has 0 aliphatic carbocycles. The van der Waals surface area contributed by atoms with Crippen molar-refractivity contribution >= 4 is 23.6 Å². The molecule has 0 saturated heterocycles. The topological polar surface area (TPSA) is 87.7 Å². The number of carbonyl (C=O) groups is 2. The van der Waals surface area contributed by atoms with Gasteiger partial charge in [0.1, 0.15) is 0 Å². The molecule has 1 aromatic rings. The standard InChI is InChI=1S/C9H10N2O4/c1-15-9(14)11-7-4-2-6(3-5-7)10-8(12)13/h2-5,10H,1H3,(H,11,14)(H,12,13). The number of ether oxygens (including phenoxy) is 1. The van der Waals surface area contributed by atoms with Crippen molar-refractivity contribution in [3.63, 3.8) is 0 Å². The Balaban J connectivity index is 2.64. The van der Waals surface area contributed by atoms with Gasteiger partial charge in [-0.25, -0.2) is 9.59 Å². The first-order chi connectivity index (χ1) is 7.11. The van der Waals surface area contributed by atoms with Crippen molar-refractivity contribution in [2.24, 2.45) is 0 Å². The molecular formula is C9H10N2O4. The van der Waals surface area contributed by atoms with Crippen LogP contribution in [0.3, 0.4) is 0 Å². The Hall–Kier alpha value is -2.24. The summed E-state index contributed by atoms with van der Waals surface area (Å²) in [6, 6.07) is 6.17. The highest BCUT2D eigenvalue weighted by Gasteiger charge is 2.01. The molecule has 6 nitrogen and oxygen atoms in total. The maximum atomic E-state index is 10.8. The molecule has 0 bridgehead atoms. The monoisotopic (exact) mass is 210 g/mol. The van der Waals surface area contributed by atoms with Gasteiger partial charge in [-0.15, -0.1) is 0 Å². The zero-order chi connectivity index (χ0) is 11.3. The Morgan fingerprint density at radius 2 is 1.60 bits per heavy atom. The smallest absolute Gasteiger partial charge is 0.411 e. The molecule has 0 radical (unpaired) electrons. The summed E-state index contributed by atoms with van der Waals surface area (Å²) in [7, 11) is 1.26. The predicted molar refractivity (Wildman–Crippen MR) is 54.1 cm³/mol. The fourth-order valence-corrected chi connectivity index (χ4v) is 0.929. The third kappa shape index (κ3) is 3.55. The molecule has 80 valence electrons. The lowest BCUT2D eigenvalue weighted by atomic mass is 10.3. The number of carboxylic acid groups (broad SMARTS) is 1. The lowest BCUT2D eigenvalue weighted by Crippen LogP contribution is -2.11. The van der Waals surface area contributed by atoms with Gasteiger partial charge in [0.2, 0.25) is 0 Å². The van der Waals surface area contributed by atoms with Gasteiger partial charge < -0.3 is 9.84 Å². The van der Waals surface area contributed by atoms with Crippen molar-refractivity contribution in [3.8, 4) is 0 Å². The second kappa shape index (κ2) is 4.85. The van der Waals surface area contributed by atoms with E-state index >= 15 is 0 Å². The summed E-state index contributed by atoms with van der Waals surface area (Å²) >= 11 is 0. The molecule has 0 heterocycles. The Bertz CT molecular complexity index is 361. The average molecular weight is 210 g/mol. The van der Waals surface area contributed by atoms with E-state index in [9.17, 15) is 9.59 Å². The molecule has 2 amide bonds. The molecule has 3 N–H and O–H groups in total. The predicted octanol–water partition coefficient (Wildman–Crippen LogP) is 1.95. The van der Waals surface area contributed by atoms with E-state index in [2.05, 4.69) is 15.4 Å². The fraction of sp³-hybridized carbons (Fsp3) is 0.111. The number of amides is 2. The molecule has 0 aliphatic heterocycles. The van der Waals surface area contributed by atoms with Gasteiger partial charge in [-0.1, -0.05) is 0 Å². The van der Waals surface area contributed by atoms with Gasteiger partial charge in [-0.3, -0.25) is 10.6 Å². The molecule has 0 aliphatic rings. The molecule has 0 atom stereocenters. The van der Waals surface area contributed by atoms with Crippen molar-refractivity contribution in [2.75, 3.05) is 17.7 Å². The van der Waals surface area contributed by atoms with Crippen LogP contribution in [0.5, 0.6) is 0 Å². The van der Waals surface area contributed by atoms with Gasteiger partial charge in [0.05, 0.1) is 7.11 Å². The summed E-state index contributed by atoms with van der Waals surface area (Å²) in [6.45, 7) is 0. The summed E-state index contributed by atoms with van der Waals surface area (Å²) in [5.74, 6) is 0. The molecule has 0 saturated carbocycles. The van der Waals surface area contributed by atoms with Gasteiger partial charge in [-0.05, 0) is 24.3 Å². The average Bonchev–Trinajstić information content (AvgIpc) is 2.20. The number of hydrogen-bond acceptors (Lipinski definition) is 3. The van der Waals surface area contributed by atoms with E-state index in [4.69, 9.17) is 5.11 Å². The maximum Gasteiger partial charge on any atom is 0.411 e. The maximum absolute atomic E-state index is 10.8. The molecule has 1 rings (SSSR count). The molecule has 0 aromatic heterocycles. The molecule has 0 fully saturated rings. The van der Waals surface area contributed by atoms with E-state index in [-0.39, 0.29) is 0 Å². The first kappa shape index (κ1) is 10.8. The van der Waals surface area contributed by atoms with Crippen molar-refractivity contribution in [3.05, 3.63) is 24.3 Å². The second-order valence-electron chi connectivity index (χ2n) is 2.62. The Labute approximate surface area is 85.9 Å². The van der Waals surface area contributed by atoms with E-state index in [1.807, 2.05) is 0 Å². The van der Waals surface area contributed by atoms with Crippen LogP contribution < -0.4 is 10.6 Å². The minimum absolute atomic E-state index is 0.429. The number of carbonyl (C=O) groups excluding carboxylic acids is 1. The van der Waals surface area contributed by atoms with Crippen LogP contribution in [0.1, 0.15) is 0 Å². The number of nitrogens with one attached hydrogen (secondary N) is 2. The second-order valence-corrected chi connectivity index (χ2v) is 2.62. The minimum Gasteiger partial charge on any atom is -0.465 e. The van der Waals surface area contributed by atoms with Gasteiger partial charge in [0, 0.05) is 11.4 Å². The van der Waals surface area contributed by atoms with Gasteiger partial charge >= 0.3 is 12.2 Å². The van der Waals surface area contributed by atoms with Crippen LogP contribution in [0.25, 0.3) is 0 Å². The summed E-state index contributed by atoms with van der Waals surface area (Å²) in [6.07, 6.45) is -1.71. The molecule has 0 unspecified atom stereocenters. The number of rotatable bonds is 2. The van der Waals surface area contributed by atoms with Gasteiger partial charge in [0.25, 0.3) is 0 Å². The van der Waals surface area contributed by atoms with Gasteiger partial charge in [0.15, 0.2) is 0 Å². The van der Waals surface area contributed by atoms with Crippen molar-refractivity contribution in [2.45, 2.75) is 0 Å². The normalized spacial score (nSPS) is 9.13. The summed E-state index contributed by atoms with van der Waals surface area (Å²) in [5, 5.41) is 13.0. The van der Waals surface area contributed by atoms with Crippen molar-refractivity contribution in [1.82, 2.24) is 0 Å². The van der Waals surface area contributed by atoms with Crippen LogP contribution in [0, 0.1) is 0 Å². The molecular weight excluding hydrogens is 200 g/mol. The highest BCUT2D eigenvalue weighted by atomic mass is 16.5. The van der Waals surface area contributed by atoms with Crippen LogP contribution in [0.2, 0.25) is 0 Å². The first-order valence-electron chi connectivity index (χ1n) is 4.07. The van der Waals surface area contributed by atoms with Crippen molar-refractivity contribution in [1.29, 1.82) is 0 Å². The SMILES string of the molecule is COC(=O)Nc1ccc(NC(=O)O)cc1. The Morgan fingerprint density at radius 1 is 1.13 bits per heavy atom. The number of hydrogen-bond donors (Lipinski definition) is 3. The van der Waals surface area contributed by atoms with E-state index in [1.54, 1.807) is 12.1 Å². The van der Waals surface area contributed by atoms with E-state index in [0.717, 1.165) is 0 Å². The van der Waals surface area contributed by atoms with Crippen LogP contribution in [-0.4, -0.2) is 24.4 Å². The van der Waals surface area contributed by atoms with Gasteiger partial charge in [-0.2, -0.15) is 0 Å². The molecule has 6 heteroatoms. The zero-order valence-corrected chi connectivity index (χ0v) is 7.98. The van der Waals surface area contributed by atoms with Crippen LogP contribution in [-0.2, 0) is 4.74 Å². The van der Waals surface area contributed by atoms with E-state index in [1.165, 1.54) is 19.2 Å². The first-order valence-corrected chi connectivity index (χ1v) is 4.07. The minimum atomic E-state index is -1.14. The number of methoxy groups -OCH3 is 1. The summed E-state index contributed by atoms with van der Waals surface area (Å²) in [4.78, 5) is 21.1. The molecule has 1 aromatic carbocycles. The highest BCUT2D eigenvalue weighted by molar-refractivity contribution is 5.86. The third-order valence-corrected chi connectivity index (χ3v) is 1.57. The lowest BCUT2D eigenvalue weighted by Gasteiger charge is -2.04. The molecule has 15 heavy (non-hydrogen) atoms. The third-order valence-electron chi connectivity index (χ3n) is 1.57. The number of benzene rings is 1. The Morgan fingerprint density at radius 3 is 2.00 bits per heavy atom. The summed E-state index contributed by atoms with van der Waals surface area (Å²) < 4.78 is 4.39. The quantitative estimate of drug-likeness (QED) is 0.696. The fourth-order valence-electron chi connectivity index (χ4n) is 0.929. The van der Waals surface area contributed by atoms with E-state index in [0.29, 0.717) is 11.4 Å². The van der Waals surface area contributed by atoms with Crippen LogP contribution in [0.4, 0.5) is 21.0 Å². The largest absolute Gasteiger partial charge is 0.465 e. The summed E-state index contributed by atoms with van der Waals surface area (Å²) in [5.41, 5.74) is 0.954. The molecule has 0 spiro atoms. The van der Waals surface area contributed by atoms with Crippen LogP contribution >= 0.6 is 0 Å².